The molecule has 0 fully saturated rings. The van der Waals surface area contributed by atoms with E-state index in [9.17, 15) is 15.8 Å². The van der Waals surface area contributed by atoms with Crippen molar-refractivity contribution < 1.29 is 0 Å². The standard InChI is InChI=1S/C40H20N6/c1-44-34-16-10-15-30(40(34)46-37-19-8-4-13-28(37)29-14-5-9-20-38(29)46)31-21-25(22-41)32(23-42)39(33(31)24-43)45-35-17-6-2-11-26(35)27-12-3-7-18-36(27)45/h2-21H. The number of nitrogens with zero attached hydrogens (tertiary/aromatic N) is 6. The molecule has 0 aliphatic heterocycles. The van der Waals surface area contributed by atoms with Crippen molar-refractivity contribution in [1.29, 1.82) is 15.8 Å². The van der Waals surface area contributed by atoms with Gasteiger partial charge in [0.25, 0.3) is 0 Å². The van der Waals surface area contributed by atoms with E-state index in [-0.39, 0.29) is 16.7 Å². The van der Waals surface area contributed by atoms with E-state index >= 15 is 0 Å². The molecule has 2 heterocycles. The molecule has 6 nitrogen and oxygen atoms in total. The minimum atomic E-state index is 0.119. The van der Waals surface area contributed by atoms with Crippen LogP contribution in [0.3, 0.4) is 0 Å². The Morgan fingerprint density at radius 2 is 0.935 bits per heavy atom. The van der Waals surface area contributed by atoms with Crippen molar-refractivity contribution in [3.63, 3.8) is 0 Å². The summed E-state index contributed by atoms with van der Waals surface area (Å²) in [5, 5.41) is 35.9. The van der Waals surface area contributed by atoms with Crippen molar-refractivity contribution in [3.05, 3.63) is 149 Å². The van der Waals surface area contributed by atoms with Crippen molar-refractivity contribution in [1.82, 2.24) is 9.13 Å². The summed E-state index contributed by atoms with van der Waals surface area (Å²) in [5.41, 5.74) is 6.39. The van der Waals surface area contributed by atoms with E-state index < -0.39 is 0 Å². The van der Waals surface area contributed by atoms with Crippen LogP contribution < -0.4 is 0 Å². The second kappa shape index (κ2) is 10.3. The summed E-state index contributed by atoms with van der Waals surface area (Å²) in [6.45, 7) is 8.19. The SMILES string of the molecule is [C-]#[N+]c1cccc(-c2cc(C#N)c(C#N)c(-n3c4ccccc4c4ccccc43)c2C#N)c1-n1c2ccccc2c2ccccc21. The summed E-state index contributed by atoms with van der Waals surface area (Å²) in [6, 6.07) is 45.8. The first kappa shape index (κ1) is 26.5. The third-order valence-corrected chi connectivity index (χ3v) is 8.68. The van der Waals surface area contributed by atoms with Crippen LogP contribution >= 0.6 is 0 Å². The lowest BCUT2D eigenvalue weighted by Gasteiger charge is -2.20. The molecule has 6 heteroatoms. The van der Waals surface area contributed by atoms with E-state index in [1.165, 1.54) is 0 Å². The number of hydrogen-bond donors (Lipinski definition) is 0. The maximum Gasteiger partial charge on any atom is 0.211 e. The van der Waals surface area contributed by atoms with Gasteiger partial charge in [0.1, 0.15) is 18.2 Å². The summed E-state index contributed by atoms with van der Waals surface area (Å²) in [7, 11) is 0. The van der Waals surface area contributed by atoms with Crippen LogP contribution in [0.5, 0.6) is 0 Å². The molecule has 8 aromatic rings. The lowest BCUT2D eigenvalue weighted by atomic mass is 9.91. The lowest BCUT2D eigenvalue weighted by molar-refractivity contribution is 1.15. The van der Waals surface area contributed by atoms with Gasteiger partial charge in [-0.15, -0.1) is 0 Å². The summed E-state index contributed by atoms with van der Waals surface area (Å²) in [5.74, 6) is 0. The fourth-order valence-corrected chi connectivity index (χ4v) is 6.82. The molecule has 0 radical (unpaired) electrons. The average molecular weight is 585 g/mol. The Labute approximate surface area is 263 Å². The Kier molecular flexibility index (Phi) is 5.91. The van der Waals surface area contributed by atoms with E-state index in [0.717, 1.165) is 43.6 Å². The number of hydrogen-bond acceptors (Lipinski definition) is 3. The molecule has 0 saturated carbocycles. The Morgan fingerprint density at radius 3 is 1.37 bits per heavy atom. The maximum absolute atomic E-state index is 11.0. The van der Waals surface area contributed by atoms with Crippen molar-refractivity contribution in [3.8, 4) is 40.7 Å². The van der Waals surface area contributed by atoms with Gasteiger partial charge < -0.3 is 9.13 Å². The summed E-state index contributed by atoms with van der Waals surface area (Å²) in [4.78, 5) is 3.94. The number of benzene rings is 6. The van der Waals surface area contributed by atoms with Crippen LogP contribution in [-0.4, -0.2) is 9.13 Å². The fourth-order valence-electron chi connectivity index (χ4n) is 6.82. The average Bonchev–Trinajstić information content (AvgIpc) is 3.63. The van der Waals surface area contributed by atoms with Gasteiger partial charge in [-0.05, 0) is 35.9 Å². The summed E-state index contributed by atoms with van der Waals surface area (Å²) in [6.07, 6.45) is 0. The molecule has 8 rings (SSSR count). The lowest BCUT2D eigenvalue weighted by Crippen LogP contribution is -2.07. The molecule has 0 amide bonds. The highest BCUT2D eigenvalue weighted by atomic mass is 15.0. The van der Waals surface area contributed by atoms with E-state index in [0.29, 0.717) is 28.2 Å². The molecule has 0 spiro atoms. The molecule has 0 unspecified atom stereocenters. The second-order valence-electron chi connectivity index (χ2n) is 10.9. The van der Waals surface area contributed by atoms with Crippen LogP contribution in [0.2, 0.25) is 0 Å². The topological polar surface area (TPSA) is 85.6 Å². The maximum atomic E-state index is 11.0. The molecular weight excluding hydrogens is 564 g/mol. The molecule has 2 aromatic heterocycles. The third kappa shape index (κ3) is 3.60. The van der Waals surface area contributed by atoms with E-state index in [1.807, 2.05) is 95.6 Å². The number of rotatable bonds is 3. The first-order valence-corrected chi connectivity index (χ1v) is 14.6. The van der Waals surface area contributed by atoms with Crippen molar-refractivity contribution >= 4 is 49.3 Å². The van der Waals surface area contributed by atoms with Gasteiger partial charge in [-0.3, -0.25) is 0 Å². The van der Waals surface area contributed by atoms with Crippen LogP contribution in [0.25, 0.3) is 71.0 Å². The minimum absolute atomic E-state index is 0.119. The van der Waals surface area contributed by atoms with Gasteiger partial charge in [-0.1, -0.05) is 91.0 Å². The van der Waals surface area contributed by atoms with Gasteiger partial charge >= 0.3 is 0 Å². The second-order valence-corrected chi connectivity index (χ2v) is 10.9. The molecule has 0 atom stereocenters. The minimum Gasteiger partial charge on any atom is -0.318 e. The molecule has 0 N–H and O–H groups in total. The monoisotopic (exact) mass is 584 g/mol. The molecule has 0 aliphatic carbocycles. The molecule has 0 aliphatic rings. The Bertz CT molecular complexity index is 2640. The Balaban J connectivity index is 1.57. The highest BCUT2D eigenvalue weighted by Crippen LogP contribution is 2.44. The van der Waals surface area contributed by atoms with Gasteiger partial charge in [0.2, 0.25) is 5.69 Å². The van der Waals surface area contributed by atoms with Gasteiger partial charge in [-0.25, -0.2) is 4.85 Å². The number of aromatic nitrogens is 2. The van der Waals surface area contributed by atoms with Gasteiger partial charge in [0.05, 0.1) is 56.7 Å². The summed E-state index contributed by atoms with van der Waals surface area (Å²) >= 11 is 0. The molecule has 210 valence electrons. The van der Waals surface area contributed by atoms with Crippen LogP contribution in [0, 0.1) is 40.6 Å². The van der Waals surface area contributed by atoms with Crippen LogP contribution in [0.1, 0.15) is 16.7 Å². The van der Waals surface area contributed by atoms with E-state index in [2.05, 4.69) is 39.8 Å². The van der Waals surface area contributed by atoms with Crippen molar-refractivity contribution in [2.24, 2.45) is 0 Å². The molecule has 6 aromatic carbocycles. The van der Waals surface area contributed by atoms with Gasteiger partial charge in [0.15, 0.2) is 0 Å². The largest absolute Gasteiger partial charge is 0.318 e. The van der Waals surface area contributed by atoms with E-state index in [4.69, 9.17) is 6.57 Å². The Hall–Kier alpha value is -7.12. The van der Waals surface area contributed by atoms with Crippen LogP contribution in [0.15, 0.2) is 121 Å². The number of fused-ring (bicyclic) bond motifs is 6. The zero-order valence-electron chi connectivity index (χ0n) is 24.2. The molecule has 46 heavy (non-hydrogen) atoms. The third-order valence-electron chi connectivity index (χ3n) is 8.68. The van der Waals surface area contributed by atoms with E-state index in [1.54, 1.807) is 18.2 Å². The quantitative estimate of drug-likeness (QED) is 0.194. The predicted molar refractivity (Wildman–Crippen MR) is 181 cm³/mol. The fraction of sp³-hybridized carbons (Fsp3) is 0. The smallest absolute Gasteiger partial charge is 0.211 e. The van der Waals surface area contributed by atoms with Crippen molar-refractivity contribution in [2.45, 2.75) is 0 Å². The normalized spacial score (nSPS) is 11.0. The first-order valence-electron chi connectivity index (χ1n) is 14.6. The Morgan fingerprint density at radius 1 is 0.478 bits per heavy atom. The molecule has 0 saturated heterocycles. The molecular formula is C40H20N6. The van der Waals surface area contributed by atoms with Crippen LogP contribution in [0.4, 0.5) is 5.69 Å². The van der Waals surface area contributed by atoms with Gasteiger partial charge in [-0.2, -0.15) is 15.8 Å². The first-order chi connectivity index (χ1) is 22.7. The van der Waals surface area contributed by atoms with Crippen molar-refractivity contribution in [2.75, 3.05) is 0 Å². The number of para-hydroxylation sites is 5. The predicted octanol–water partition coefficient (Wildman–Crippen LogP) is 9.71. The summed E-state index contributed by atoms with van der Waals surface area (Å²) < 4.78 is 3.99. The van der Waals surface area contributed by atoms with Crippen LogP contribution in [-0.2, 0) is 0 Å². The zero-order chi connectivity index (χ0) is 31.4. The van der Waals surface area contributed by atoms with Gasteiger partial charge in [0, 0.05) is 27.1 Å². The highest BCUT2D eigenvalue weighted by molar-refractivity contribution is 6.11. The highest BCUT2D eigenvalue weighted by Gasteiger charge is 2.27. The molecule has 0 bridgehead atoms. The number of nitriles is 3. The zero-order valence-corrected chi connectivity index (χ0v) is 24.2.